The summed E-state index contributed by atoms with van der Waals surface area (Å²) in [5.41, 5.74) is 1.16. The number of aliphatic hydroxyl groups excluding tert-OH is 1. The zero-order chi connectivity index (χ0) is 15.3. The molecule has 1 atom stereocenters. The van der Waals surface area contributed by atoms with Crippen LogP contribution < -0.4 is 0 Å². The normalized spacial score (nSPS) is 19.0. The van der Waals surface area contributed by atoms with Crippen molar-refractivity contribution in [3.63, 3.8) is 0 Å². The van der Waals surface area contributed by atoms with Crippen LogP contribution in [0.15, 0.2) is 39.1 Å². The Balaban J connectivity index is 1.89. The first kappa shape index (κ1) is 14.6. The highest BCUT2D eigenvalue weighted by molar-refractivity contribution is 8.17. The number of thioether (sulfide) groups is 2. The summed E-state index contributed by atoms with van der Waals surface area (Å²) >= 11 is 5.20. The summed E-state index contributed by atoms with van der Waals surface area (Å²) in [6.45, 7) is 3.60. The van der Waals surface area contributed by atoms with Gasteiger partial charge in [0.05, 0.1) is 23.2 Å². The van der Waals surface area contributed by atoms with Crippen molar-refractivity contribution in [1.82, 2.24) is 4.90 Å². The second-order valence-electron chi connectivity index (χ2n) is 5.29. The Kier molecular flexibility index (Phi) is 3.72. The molecule has 0 saturated heterocycles. The third-order valence-corrected chi connectivity index (χ3v) is 7.05. The van der Waals surface area contributed by atoms with Crippen molar-refractivity contribution in [2.45, 2.75) is 17.9 Å². The molecule has 2 aliphatic heterocycles. The minimum Gasteiger partial charge on any atom is -0.388 e. The maximum absolute atomic E-state index is 10.2. The van der Waals surface area contributed by atoms with Crippen LogP contribution in [-0.2, 0) is 0 Å². The molecule has 0 aliphatic carbocycles. The number of aliphatic hydroxyl groups is 1. The first-order chi connectivity index (χ1) is 10.7. The first-order valence-corrected chi connectivity index (χ1v) is 10.0. The van der Waals surface area contributed by atoms with Gasteiger partial charge in [0.25, 0.3) is 0 Å². The van der Waals surface area contributed by atoms with Crippen molar-refractivity contribution >= 4 is 55.8 Å². The lowest BCUT2D eigenvalue weighted by Crippen LogP contribution is -2.19. The summed E-state index contributed by atoms with van der Waals surface area (Å²) in [6.07, 6.45) is 1.65. The molecular weight excluding hydrogens is 332 g/mol. The molecule has 1 unspecified atom stereocenters. The van der Waals surface area contributed by atoms with E-state index in [0.29, 0.717) is 0 Å². The van der Waals surface area contributed by atoms with Gasteiger partial charge in [0.15, 0.2) is 5.17 Å². The van der Waals surface area contributed by atoms with Gasteiger partial charge in [-0.3, -0.25) is 4.99 Å². The van der Waals surface area contributed by atoms with Crippen molar-refractivity contribution in [1.29, 1.82) is 0 Å². The van der Waals surface area contributed by atoms with E-state index in [2.05, 4.69) is 40.4 Å². The van der Waals surface area contributed by atoms with E-state index >= 15 is 0 Å². The van der Waals surface area contributed by atoms with Crippen molar-refractivity contribution in [2.75, 3.05) is 19.3 Å². The average molecular weight is 349 g/mol. The van der Waals surface area contributed by atoms with Gasteiger partial charge in [-0.25, -0.2) is 0 Å². The van der Waals surface area contributed by atoms with E-state index in [9.17, 15) is 5.11 Å². The number of benzene rings is 1. The Morgan fingerprint density at radius 2 is 2.27 bits per heavy atom. The monoisotopic (exact) mass is 348 g/mol. The molecule has 0 saturated carbocycles. The quantitative estimate of drug-likeness (QED) is 0.848. The Bertz CT molecular complexity index is 807. The Labute approximate surface area is 142 Å². The van der Waals surface area contributed by atoms with Crippen molar-refractivity contribution in [3.8, 4) is 0 Å². The molecule has 1 aromatic carbocycles. The van der Waals surface area contributed by atoms with Gasteiger partial charge in [-0.2, -0.15) is 0 Å². The minimum atomic E-state index is -0.460. The average Bonchev–Trinajstić information content (AvgIpc) is 3.18. The number of thiophene rings is 1. The SMILES string of the molecule is CSc1cccc2sc(C3=C(C(C)O)SC4=NCCN43)cc12. The number of aliphatic imine (C=N–C) groups is 1. The van der Waals surface area contributed by atoms with Crippen LogP contribution in [0.25, 0.3) is 15.8 Å². The third-order valence-electron chi connectivity index (χ3n) is 3.86. The van der Waals surface area contributed by atoms with E-state index < -0.39 is 6.10 Å². The summed E-state index contributed by atoms with van der Waals surface area (Å²) in [5, 5.41) is 12.5. The Hall–Kier alpha value is -0.950. The summed E-state index contributed by atoms with van der Waals surface area (Å²) in [7, 11) is 0. The van der Waals surface area contributed by atoms with Gasteiger partial charge >= 0.3 is 0 Å². The van der Waals surface area contributed by atoms with Gasteiger partial charge in [0.2, 0.25) is 0 Å². The van der Waals surface area contributed by atoms with Crippen LogP contribution in [0.4, 0.5) is 0 Å². The molecule has 3 nitrogen and oxygen atoms in total. The molecule has 1 N–H and O–H groups in total. The van der Waals surface area contributed by atoms with Crippen LogP contribution >= 0.6 is 34.9 Å². The number of amidine groups is 1. The molecule has 0 radical (unpaired) electrons. The van der Waals surface area contributed by atoms with Gasteiger partial charge in [-0.1, -0.05) is 17.8 Å². The van der Waals surface area contributed by atoms with Crippen LogP contribution in [0.5, 0.6) is 0 Å². The second kappa shape index (κ2) is 5.60. The number of hydrogen-bond donors (Lipinski definition) is 1. The van der Waals surface area contributed by atoms with E-state index in [4.69, 9.17) is 0 Å². The predicted octanol–water partition coefficient (Wildman–Crippen LogP) is 4.09. The molecule has 4 rings (SSSR count). The van der Waals surface area contributed by atoms with Crippen molar-refractivity contribution < 1.29 is 5.11 Å². The zero-order valence-electron chi connectivity index (χ0n) is 12.4. The molecule has 0 fully saturated rings. The first-order valence-electron chi connectivity index (χ1n) is 7.18. The predicted molar refractivity (Wildman–Crippen MR) is 98.8 cm³/mol. The highest BCUT2D eigenvalue weighted by Crippen LogP contribution is 2.46. The molecule has 0 amide bonds. The second-order valence-corrected chi connectivity index (χ2v) is 8.23. The molecule has 6 heteroatoms. The summed E-state index contributed by atoms with van der Waals surface area (Å²) in [5.74, 6) is 0. The van der Waals surface area contributed by atoms with Crippen molar-refractivity contribution in [2.24, 2.45) is 4.99 Å². The Morgan fingerprint density at radius 3 is 3.05 bits per heavy atom. The van der Waals surface area contributed by atoms with E-state index in [-0.39, 0.29) is 0 Å². The molecule has 114 valence electrons. The summed E-state index contributed by atoms with van der Waals surface area (Å²) in [6, 6.07) is 8.72. The zero-order valence-corrected chi connectivity index (χ0v) is 14.8. The van der Waals surface area contributed by atoms with E-state index in [1.54, 1.807) is 34.9 Å². The molecule has 22 heavy (non-hydrogen) atoms. The molecule has 2 aromatic rings. The van der Waals surface area contributed by atoms with Gasteiger partial charge in [-0.15, -0.1) is 23.1 Å². The van der Waals surface area contributed by atoms with Crippen LogP contribution in [0, 0.1) is 0 Å². The molecular formula is C16H16N2OS3. The number of rotatable bonds is 3. The lowest BCUT2D eigenvalue weighted by Gasteiger charge is -2.16. The third kappa shape index (κ3) is 2.21. The number of hydrogen-bond acceptors (Lipinski definition) is 6. The maximum atomic E-state index is 10.2. The number of nitrogens with zero attached hydrogens (tertiary/aromatic N) is 2. The van der Waals surface area contributed by atoms with Gasteiger partial charge in [-0.05, 0) is 31.4 Å². The molecule has 0 bridgehead atoms. The van der Waals surface area contributed by atoms with E-state index in [1.165, 1.54) is 19.9 Å². The van der Waals surface area contributed by atoms with Crippen LogP contribution in [-0.4, -0.2) is 40.6 Å². The lowest BCUT2D eigenvalue weighted by molar-refractivity contribution is 0.240. The topological polar surface area (TPSA) is 35.8 Å². The smallest absolute Gasteiger partial charge is 0.168 e. The maximum Gasteiger partial charge on any atom is 0.168 e. The van der Waals surface area contributed by atoms with Crippen LogP contribution in [0.3, 0.4) is 0 Å². The fraction of sp³-hybridized carbons (Fsp3) is 0.312. The highest BCUT2D eigenvalue weighted by Gasteiger charge is 2.35. The molecule has 1 aromatic heterocycles. The van der Waals surface area contributed by atoms with Crippen LogP contribution in [0.2, 0.25) is 0 Å². The largest absolute Gasteiger partial charge is 0.388 e. The lowest BCUT2D eigenvalue weighted by atomic mass is 10.2. The van der Waals surface area contributed by atoms with Crippen LogP contribution in [0.1, 0.15) is 11.8 Å². The Morgan fingerprint density at radius 1 is 1.41 bits per heavy atom. The van der Waals surface area contributed by atoms with Gasteiger partial charge in [0.1, 0.15) is 0 Å². The fourth-order valence-corrected chi connectivity index (χ4v) is 5.89. The van der Waals surface area contributed by atoms with Gasteiger partial charge in [0, 0.05) is 26.4 Å². The summed E-state index contributed by atoms with van der Waals surface area (Å²) < 4.78 is 1.30. The van der Waals surface area contributed by atoms with Gasteiger partial charge < -0.3 is 10.0 Å². The van der Waals surface area contributed by atoms with E-state index in [0.717, 1.165) is 28.9 Å². The molecule has 0 spiro atoms. The van der Waals surface area contributed by atoms with E-state index in [1.807, 2.05) is 6.92 Å². The standard InChI is InChI=1S/C16H16N2OS3/c1-9(19)15-14(18-7-6-17-16(18)22-15)13-8-10-11(20-2)4-3-5-12(10)21-13/h3-5,8-9,19H,6-7H2,1-2H3. The molecule has 3 heterocycles. The fourth-order valence-electron chi connectivity index (χ4n) is 2.87. The number of fused-ring (bicyclic) bond motifs is 2. The van der Waals surface area contributed by atoms with Crippen molar-refractivity contribution in [3.05, 3.63) is 34.0 Å². The molecule has 2 aliphatic rings. The summed E-state index contributed by atoms with van der Waals surface area (Å²) in [4.78, 5) is 10.4. The minimum absolute atomic E-state index is 0.460. The highest BCUT2D eigenvalue weighted by atomic mass is 32.2.